The number of halogens is 1. The minimum atomic E-state index is 0.0237. The van der Waals surface area contributed by atoms with E-state index in [1.165, 1.54) is 21.8 Å². The first-order valence-corrected chi connectivity index (χ1v) is 8.16. The first-order valence-electron chi connectivity index (χ1n) is 6.02. The molecule has 0 saturated heterocycles. The van der Waals surface area contributed by atoms with Gasteiger partial charge in [0.2, 0.25) is 0 Å². The standard InChI is InChI=1S/C14H13ClOS2/c1-8-7-18-14(12(8)15)13(16)10-3-2-4-11-9(10)5-6-17-11/h5-7,10H,2-4H2,1H3. The van der Waals surface area contributed by atoms with E-state index in [-0.39, 0.29) is 11.7 Å². The van der Waals surface area contributed by atoms with Crippen molar-refractivity contribution in [1.82, 2.24) is 0 Å². The van der Waals surface area contributed by atoms with Gasteiger partial charge in [0.05, 0.1) is 9.90 Å². The third-order valence-corrected chi connectivity index (χ3v) is 6.20. The maximum atomic E-state index is 12.6. The van der Waals surface area contributed by atoms with Crippen LogP contribution in [0.5, 0.6) is 0 Å². The fraction of sp³-hybridized carbons (Fsp3) is 0.357. The lowest BCUT2D eigenvalue weighted by atomic mass is 9.84. The highest BCUT2D eigenvalue weighted by atomic mass is 35.5. The summed E-state index contributed by atoms with van der Waals surface area (Å²) in [5, 5.41) is 4.71. The van der Waals surface area contributed by atoms with Gasteiger partial charge in [-0.25, -0.2) is 0 Å². The van der Waals surface area contributed by atoms with Crippen molar-refractivity contribution >= 4 is 40.1 Å². The fourth-order valence-corrected chi connectivity index (χ4v) is 4.78. The minimum Gasteiger partial charge on any atom is -0.293 e. The molecule has 0 fully saturated rings. The molecule has 0 amide bonds. The fourth-order valence-electron chi connectivity index (χ4n) is 2.51. The zero-order valence-corrected chi connectivity index (χ0v) is 12.4. The van der Waals surface area contributed by atoms with Crippen molar-refractivity contribution in [3.05, 3.63) is 42.7 Å². The molecule has 2 aromatic rings. The van der Waals surface area contributed by atoms with E-state index in [4.69, 9.17) is 11.6 Å². The summed E-state index contributed by atoms with van der Waals surface area (Å²) < 4.78 is 0. The van der Waals surface area contributed by atoms with Crippen molar-refractivity contribution < 1.29 is 4.79 Å². The van der Waals surface area contributed by atoms with Gasteiger partial charge in [0.25, 0.3) is 0 Å². The molecule has 2 aromatic heterocycles. The SMILES string of the molecule is Cc1csc(C(=O)C2CCCc3sccc32)c1Cl. The maximum Gasteiger partial charge on any atom is 0.181 e. The molecule has 1 unspecified atom stereocenters. The smallest absolute Gasteiger partial charge is 0.181 e. The number of aryl methyl sites for hydroxylation is 2. The molecule has 0 aliphatic heterocycles. The van der Waals surface area contributed by atoms with Crippen LogP contribution in [0.2, 0.25) is 5.02 Å². The molecule has 4 heteroatoms. The Balaban J connectivity index is 1.98. The normalized spacial score (nSPS) is 18.7. The van der Waals surface area contributed by atoms with E-state index in [0.29, 0.717) is 5.02 Å². The predicted octanol–water partition coefficient (Wildman–Crippen LogP) is 5.07. The quantitative estimate of drug-likeness (QED) is 0.707. The summed E-state index contributed by atoms with van der Waals surface area (Å²) in [5.74, 6) is 0.230. The summed E-state index contributed by atoms with van der Waals surface area (Å²) in [6.07, 6.45) is 3.18. The molecule has 0 spiro atoms. The van der Waals surface area contributed by atoms with Crippen LogP contribution in [0.25, 0.3) is 0 Å². The molecule has 0 aromatic carbocycles. The van der Waals surface area contributed by atoms with Gasteiger partial charge in [0.15, 0.2) is 5.78 Å². The zero-order valence-electron chi connectivity index (χ0n) is 10.0. The Labute approximate surface area is 119 Å². The molecule has 0 N–H and O–H groups in total. The highest BCUT2D eigenvalue weighted by Gasteiger charge is 2.30. The summed E-state index contributed by atoms with van der Waals surface area (Å²) >= 11 is 9.46. The van der Waals surface area contributed by atoms with Crippen LogP contribution in [0.15, 0.2) is 16.8 Å². The van der Waals surface area contributed by atoms with Gasteiger partial charge in [0, 0.05) is 10.8 Å². The Hall–Kier alpha value is -0.640. The topological polar surface area (TPSA) is 17.1 Å². The maximum absolute atomic E-state index is 12.6. The third-order valence-electron chi connectivity index (χ3n) is 3.49. The number of Topliss-reactive ketones (excluding diaryl/α,β-unsaturated/α-hetero) is 1. The molecule has 3 rings (SSSR count). The van der Waals surface area contributed by atoms with Gasteiger partial charge in [-0.1, -0.05) is 11.6 Å². The lowest BCUT2D eigenvalue weighted by molar-refractivity contribution is 0.0955. The number of hydrogen-bond acceptors (Lipinski definition) is 3. The number of fused-ring (bicyclic) bond motifs is 1. The zero-order chi connectivity index (χ0) is 12.7. The third kappa shape index (κ3) is 1.94. The lowest BCUT2D eigenvalue weighted by Crippen LogP contribution is -2.16. The number of hydrogen-bond donors (Lipinski definition) is 0. The highest BCUT2D eigenvalue weighted by molar-refractivity contribution is 7.13. The van der Waals surface area contributed by atoms with E-state index in [9.17, 15) is 4.79 Å². The van der Waals surface area contributed by atoms with Crippen molar-refractivity contribution in [1.29, 1.82) is 0 Å². The molecule has 1 atom stereocenters. The van der Waals surface area contributed by atoms with Crippen LogP contribution in [0.4, 0.5) is 0 Å². The van der Waals surface area contributed by atoms with Crippen LogP contribution in [-0.4, -0.2) is 5.78 Å². The Morgan fingerprint density at radius 3 is 3.00 bits per heavy atom. The van der Waals surface area contributed by atoms with Gasteiger partial charge in [-0.2, -0.15) is 0 Å². The van der Waals surface area contributed by atoms with Gasteiger partial charge in [-0.05, 0) is 54.1 Å². The van der Waals surface area contributed by atoms with E-state index in [1.54, 1.807) is 11.3 Å². The molecule has 2 heterocycles. The van der Waals surface area contributed by atoms with Gasteiger partial charge in [-0.15, -0.1) is 22.7 Å². The van der Waals surface area contributed by atoms with Crippen LogP contribution in [-0.2, 0) is 6.42 Å². The van der Waals surface area contributed by atoms with Gasteiger partial charge in [0.1, 0.15) is 0 Å². The Morgan fingerprint density at radius 2 is 2.28 bits per heavy atom. The molecule has 0 radical (unpaired) electrons. The highest BCUT2D eigenvalue weighted by Crippen LogP contribution is 2.39. The monoisotopic (exact) mass is 296 g/mol. The van der Waals surface area contributed by atoms with Crippen LogP contribution in [0.1, 0.15) is 44.4 Å². The van der Waals surface area contributed by atoms with Crippen LogP contribution >= 0.6 is 34.3 Å². The van der Waals surface area contributed by atoms with E-state index in [2.05, 4.69) is 11.4 Å². The molecule has 18 heavy (non-hydrogen) atoms. The first-order chi connectivity index (χ1) is 8.68. The van der Waals surface area contributed by atoms with Gasteiger partial charge in [-0.3, -0.25) is 4.79 Å². The molecule has 1 nitrogen and oxygen atoms in total. The predicted molar refractivity (Wildman–Crippen MR) is 78.4 cm³/mol. The Kier molecular flexibility index (Phi) is 3.31. The van der Waals surface area contributed by atoms with Crippen LogP contribution in [0.3, 0.4) is 0 Å². The molecule has 1 aliphatic carbocycles. The Morgan fingerprint density at radius 1 is 1.44 bits per heavy atom. The summed E-state index contributed by atoms with van der Waals surface area (Å²) in [7, 11) is 0. The second-order valence-electron chi connectivity index (χ2n) is 4.67. The van der Waals surface area contributed by atoms with E-state index >= 15 is 0 Å². The molecule has 94 valence electrons. The minimum absolute atomic E-state index is 0.0237. The van der Waals surface area contributed by atoms with Crippen molar-refractivity contribution in [3.8, 4) is 0 Å². The number of thiophene rings is 2. The van der Waals surface area contributed by atoms with Crippen LogP contribution < -0.4 is 0 Å². The molecule has 1 aliphatic rings. The number of rotatable bonds is 2. The van der Waals surface area contributed by atoms with E-state index in [1.807, 2.05) is 12.3 Å². The van der Waals surface area contributed by atoms with E-state index in [0.717, 1.165) is 29.7 Å². The van der Waals surface area contributed by atoms with Crippen molar-refractivity contribution in [2.45, 2.75) is 32.1 Å². The summed E-state index contributed by atoms with van der Waals surface area (Å²) in [5.41, 5.74) is 2.24. The van der Waals surface area contributed by atoms with Crippen molar-refractivity contribution in [3.63, 3.8) is 0 Å². The van der Waals surface area contributed by atoms with E-state index < -0.39 is 0 Å². The lowest BCUT2D eigenvalue weighted by Gasteiger charge is -2.21. The first kappa shape index (κ1) is 12.4. The molecular weight excluding hydrogens is 284 g/mol. The average Bonchev–Trinajstić information content (AvgIpc) is 2.96. The Bertz CT molecular complexity index is 597. The average molecular weight is 297 g/mol. The molecular formula is C14H13ClOS2. The van der Waals surface area contributed by atoms with Gasteiger partial charge < -0.3 is 0 Å². The molecule has 0 bridgehead atoms. The molecule has 0 saturated carbocycles. The number of ketones is 1. The van der Waals surface area contributed by atoms with Crippen molar-refractivity contribution in [2.24, 2.45) is 0 Å². The summed E-state index contributed by atoms with van der Waals surface area (Å²) in [6, 6.07) is 2.11. The van der Waals surface area contributed by atoms with Crippen LogP contribution in [0, 0.1) is 6.92 Å². The second kappa shape index (κ2) is 4.80. The van der Waals surface area contributed by atoms with Crippen molar-refractivity contribution in [2.75, 3.05) is 0 Å². The summed E-state index contributed by atoms with van der Waals surface area (Å²) in [4.78, 5) is 14.7. The summed E-state index contributed by atoms with van der Waals surface area (Å²) in [6.45, 7) is 1.95. The number of carbonyl (C=O) groups excluding carboxylic acids is 1. The largest absolute Gasteiger partial charge is 0.293 e. The number of carbonyl (C=O) groups is 1. The second-order valence-corrected chi connectivity index (χ2v) is 6.93. The van der Waals surface area contributed by atoms with Gasteiger partial charge >= 0.3 is 0 Å².